The highest BCUT2D eigenvalue weighted by Gasteiger charge is 2.24. The molecule has 0 radical (unpaired) electrons. The molecule has 1 fully saturated rings. The minimum Gasteiger partial charge on any atom is -0.367 e. The van der Waals surface area contributed by atoms with E-state index in [4.69, 9.17) is 5.84 Å². The number of hydrazine groups is 1. The quantitative estimate of drug-likeness (QED) is 0.520. The van der Waals surface area contributed by atoms with E-state index in [2.05, 4.69) is 27.6 Å². The van der Waals surface area contributed by atoms with Crippen LogP contribution in [0.4, 0.5) is 11.8 Å². The van der Waals surface area contributed by atoms with E-state index in [1.165, 1.54) is 19.3 Å². The normalized spacial score (nSPS) is 16.6. The summed E-state index contributed by atoms with van der Waals surface area (Å²) in [6.45, 7) is 4.14. The van der Waals surface area contributed by atoms with Crippen molar-refractivity contribution in [2.24, 2.45) is 11.8 Å². The van der Waals surface area contributed by atoms with E-state index in [0.29, 0.717) is 12.0 Å². The van der Waals surface area contributed by atoms with Gasteiger partial charge < -0.3 is 5.32 Å². The van der Waals surface area contributed by atoms with E-state index in [1.807, 2.05) is 13.0 Å². The lowest BCUT2D eigenvalue weighted by atomic mass is 10.1. The van der Waals surface area contributed by atoms with E-state index in [9.17, 15) is 0 Å². The van der Waals surface area contributed by atoms with E-state index in [0.717, 1.165) is 23.9 Å². The van der Waals surface area contributed by atoms with Crippen molar-refractivity contribution in [1.82, 2.24) is 9.97 Å². The molecule has 0 saturated heterocycles. The van der Waals surface area contributed by atoms with Crippen LogP contribution < -0.4 is 16.6 Å². The molecular weight excluding hydrogens is 214 g/mol. The lowest BCUT2D eigenvalue weighted by Gasteiger charge is -2.17. The first kappa shape index (κ1) is 12.1. The third-order valence-electron chi connectivity index (χ3n) is 3.14. The molecule has 5 heteroatoms. The summed E-state index contributed by atoms with van der Waals surface area (Å²) in [6, 6.07) is 2.46. The maximum atomic E-state index is 5.34. The first-order valence-corrected chi connectivity index (χ1v) is 6.30. The summed E-state index contributed by atoms with van der Waals surface area (Å²) < 4.78 is 0. The van der Waals surface area contributed by atoms with Crippen LogP contribution in [-0.2, 0) is 0 Å². The van der Waals surface area contributed by atoms with Gasteiger partial charge in [0.15, 0.2) is 0 Å². The largest absolute Gasteiger partial charge is 0.367 e. The second-order valence-electron chi connectivity index (χ2n) is 4.79. The van der Waals surface area contributed by atoms with Crippen molar-refractivity contribution in [3.8, 4) is 0 Å². The second-order valence-corrected chi connectivity index (χ2v) is 4.79. The van der Waals surface area contributed by atoms with Crippen molar-refractivity contribution in [3.05, 3.63) is 11.8 Å². The number of nitrogens with two attached hydrogens (primary N) is 1. The van der Waals surface area contributed by atoms with E-state index in [1.54, 1.807) is 0 Å². The van der Waals surface area contributed by atoms with Gasteiger partial charge in [0.25, 0.3) is 0 Å². The number of rotatable bonds is 6. The van der Waals surface area contributed by atoms with Gasteiger partial charge in [-0.2, -0.15) is 4.98 Å². The summed E-state index contributed by atoms with van der Waals surface area (Å²) >= 11 is 0. The van der Waals surface area contributed by atoms with Crippen LogP contribution in [0.15, 0.2) is 6.07 Å². The predicted octanol–water partition coefficient (Wildman–Crippen LogP) is 2.06. The Morgan fingerprint density at radius 3 is 2.82 bits per heavy atom. The van der Waals surface area contributed by atoms with E-state index >= 15 is 0 Å². The zero-order chi connectivity index (χ0) is 12.3. The van der Waals surface area contributed by atoms with Crippen LogP contribution in [-0.4, -0.2) is 16.0 Å². The molecule has 17 heavy (non-hydrogen) atoms. The SMILES string of the molecule is CCC(CC1CC1)Nc1cc(C)nc(NN)n1. The first-order chi connectivity index (χ1) is 8.21. The molecule has 0 amide bonds. The molecule has 1 unspecified atom stereocenters. The zero-order valence-electron chi connectivity index (χ0n) is 10.5. The van der Waals surface area contributed by atoms with Crippen LogP contribution in [0.1, 0.15) is 38.3 Å². The molecule has 1 heterocycles. The fraction of sp³-hybridized carbons (Fsp3) is 0.667. The van der Waals surface area contributed by atoms with Crippen LogP contribution in [0.2, 0.25) is 0 Å². The van der Waals surface area contributed by atoms with Crippen LogP contribution >= 0.6 is 0 Å². The maximum Gasteiger partial charge on any atom is 0.239 e. The van der Waals surface area contributed by atoms with Gasteiger partial charge in [-0.25, -0.2) is 10.8 Å². The van der Waals surface area contributed by atoms with Gasteiger partial charge in [-0.1, -0.05) is 19.8 Å². The molecule has 94 valence electrons. The summed E-state index contributed by atoms with van der Waals surface area (Å²) in [5.41, 5.74) is 3.40. The Kier molecular flexibility index (Phi) is 3.78. The molecule has 1 atom stereocenters. The highest BCUT2D eigenvalue weighted by Crippen LogP contribution is 2.34. The van der Waals surface area contributed by atoms with Gasteiger partial charge in [0.2, 0.25) is 5.95 Å². The zero-order valence-corrected chi connectivity index (χ0v) is 10.5. The monoisotopic (exact) mass is 235 g/mol. The van der Waals surface area contributed by atoms with Crippen molar-refractivity contribution < 1.29 is 0 Å². The third-order valence-corrected chi connectivity index (χ3v) is 3.14. The molecular formula is C12H21N5. The highest BCUT2D eigenvalue weighted by molar-refractivity contribution is 5.42. The molecule has 5 nitrogen and oxygen atoms in total. The standard InChI is InChI=1S/C12H21N5/c1-3-10(7-9-4-5-9)15-11-6-8(2)14-12(16-11)17-13/h6,9-10H,3-5,7,13H2,1-2H3,(H2,14,15,16,17). The molecule has 2 rings (SSSR count). The number of anilines is 2. The topological polar surface area (TPSA) is 75.9 Å². The van der Waals surface area contributed by atoms with Gasteiger partial charge in [-0.15, -0.1) is 0 Å². The van der Waals surface area contributed by atoms with E-state index in [-0.39, 0.29) is 0 Å². The van der Waals surface area contributed by atoms with Crippen molar-refractivity contribution in [2.75, 3.05) is 10.7 Å². The number of hydrogen-bond acceptors (Lipinski definition) is 5. The van der Waals surface area contributed by atoms with Gasteiger partial charge in [0, 0.05) is 17.8 Å². The van der Waals surface area contributed by atoms with Gasteiger partial charge in [0.1, 0.15) is 5.82 Å². The fourth-order valence-electron chi connectivity index (χ4n) is 2.00. The Balaban J connectivity index is 2.01. The molecule has 1 saturated carbocycles. The predicted molar refractivity (Wildman–Crippen MR) is 69.6 cm³/mol. The summed E-state index contributed by atoms with van der Waals surface area (Å²) in [5.74, 6) is 7.58. The van der Waals surface area contributed by atoms with Gasteiger partial charge in [-0.05, 0) is 25.7 Å². The van der Waals surface area contributed by atoms with Crippen LogP contribution in [0.3, 0.4) is 0 Å². The van der Waals surface area contributed by atoms with Gasteiger partial charge in [-0.3, -0.25) is 5.43 Å². The average molecular weight is 235 g/mol. The Morgan fingerprint density at radius 2 is 2.24 bits per heavy atom. The smallest absolute Gasteiger partial charge is 0.239 e. The summed E-state index contributed by atoms with van der Waals surface area (Å²) in [7, 11) is 0. The Bertz CT molecular complexity index is 375. The lowest BCUT2D eigenvalue weighted by Crippen LogP contribution is -2.21. The third kappa shape index (κ3) is 3.56. The Morgan fingerprint density at radius 1 is 1.47 bits per heavy atom. The molecule has 1 aliphatic rings. The lowest BCUT2D eigenvalue weighted by molar-refractivity contribution is 0.585. The number of nitrogens with zero attached hydrogens (tertiary/aromatic N) is 2. The molecule has 1 aromatic heterocycles. The molecule has 1 aromatic rings. The molecule has 1 aliphatic carbocycles. The minimum atomic E-state index is 0.466. The number of nitrogen functional groups attached to an aromatic ring is 1. The van der Waals surface area contributed by atoms with Crippen LogP contribution in [0, 0.1) is 12.8 Å². The van der Waals surface area contributed by atoms with Crippen molar-refractivity contribution >= 4 is 11.8 Å². The second kappa shape index (κ2) is 5.31. The van der Waals surface area contributed by atoms with Crippen molar-refractivity contribution in [3.63, 3.8) is 0 Å². The maximum absolute atomic E-state index is 5.34. The van der Waals surface area contributed by atoms with Gasteiger partial charge in [0.05, 0.1) is 0 Å². The van der Waals surface area contributed by atoms with Crippen LogP contribution in [0.25, 0.3) is 0 Å². The first-order valence-electron chi connectivity index (χ1n) is 6.30. The number of hydrogen-bond donors (Lipinski definition) is 3. The molecule has 0 aliphatic heterocycles. The fourth-order valence-corrected chi connectivity index (χ4v) is 2.00. The molecule has 0 bridgehead atoms. The highest BCUT2D eigenvalue weighted by atomic mass is 15.3. The number of aryl methyl sites for hydroxylation is 1. The number of nitrogens with one attached hydrogen (secondary N) is 2. The molecule has 0 spiro atoms. The summed E-state index contributed by atoms with van der Waals surface area (Å²) in [4.78, 5) is 8.48. The van der Waals surface area contributed by atoms with Gasteiger partial charge >= 0.3 is 0 Å². The summed E-state index contributed by atoms with van der Waals surface area (Å²) in [5, 5.41) is 3.47. The summed E-state index contributed by atoms with van der Waals surface area (Å²) in [6.07, 6.45) is 5.13. The molecule has 0 aromatic carbocycles. The van der Waals surface area contributed by atoms with Crippen LogP contribution in [0.5, 0.6) is 0 Å². The number of aromatic nitrogens is 2. The Labute approximate surface area is 102 Å². The Hall–Kier alpha value is -1.36. The minimum absolute atomic E-state index is 0.466. The van der Waals surface area contributed by atoms with Crippen molar-refractivity contribution in [1.29, 1.82) is 0 Å². The molecule has 4 N–H and O–H groups in total. The average Bonchev–Trinajstić information content (AvgIpc) is 3.11. The van der Waals surface area contributed by atoms with Crippen molar-refractivity contribution in [2.45, 2.75) is 45.6 Å². The van der Waals surface area contributed by atoms with E-state index < -0.39 is 0 Å².